The SMILES string of the molecule is CCCC1CCC(C(O)c2ccsc2C)CC1. The van der Waals surface area contributed by atoms with Crippen LogP contribution in [0.4, 0.5) is 0 Å². The van der Waals surface area contributed by atoms with Crippen LogP contribution in [0.25, 0.3) is 0 Å². The zero-order valence-corrected chi connectivity index (χ0v) is 11.8. The maximum Gasteiger partial charge on any atom is 0.0828 e. The molecule has 1 heterocycles. The van der Waals surface area contributed by atoms with Gasteiger partial charge in [-0.15, -0.1) is 11.3 Å². The van der Waals surface area contributed by atoms with Crippen molar-refractivity contribution in [3.8, 4) is 0 Å². The molecule has 0 bridgehead atoms. The molecular formula is C15H24OS. The number of hydrogen-bond donors (Lipinski definition) is 1. The van der Waals surface area contributed by atoms with Crippen molar-refractivity contribution in [2.75, 3.05) is 0 Å². The summed E-state index contributed by atoms with van der Waals surface area (Å²) in [5, 5.41) is 12.5. The zero-order chi connectivity index (χ0) is 12.3. The Kier molecular flexibility index (Phi) is 4.63. The highest BCUT2D eigenvalue weighted by atomic mass is 32.1. The standard InChI is InChI=1S/C15H24OS/c1-3-4-12-5-7-13(8-6-12)15(16)14-9-10-17-11(14)2/h9-10,12-13,15-16H,3-8H2,1-2H3. The first-order valence-electron chi connectivity index (χ1n) is 6.94. The van der Waals surface area contributed by atoms with Crippen molar-refractivity contribution in [2.24, 2.45) is 11.8 Å². The molecule has 0 aliphatic heterocycles. The molecule has 1 N–H and O–H groups in total. The summed E-state index contributed by atoms with van der Waals surface area (Å²) in [6, 6.07) is 2.10. The maximum atomic E-state index is 10.4. The Labute approximate surface area is 109 Å². The molecule has 1 aromatic heterocycles. The molecule has 96 valence electrons. The highest BCUT2D eigenvalue weighted by molar-refractivity contribution is 7.10. The van der Waals surface area contributed by atoms with Gasteiger partial charge in [0.05, 0.1) is 6.10 Å². The van der Waals surface area contributed by atoms with Crippen LogP contribution < -0.4 is 0 Å². The second-order valence-corrected chi connectivity index (χ2v) is 6.57. The van der Waals surface area contributed by atoms with E-state index >= 15 is 0 Å². The third kappa shape index (κ3) is 3.11. The van der Waals surface area contributed by atoms with Gasteiger partial charge in [0.25, 0.3) is 0 Å². The van der Waals surface area contributed by atoms with E-state index in [2.05, 4.69) is 25.3 Å². The number of rotatable bonds is 4. The van der Waals surface area contributed by atoms with Crippen molar-refractivity contribution in [1.82, 2.24) is 0 Å². The summed E-state index contributed by atoms with van der Waals surface area (Å²) in [6.45, 7) is 4.39. The molecule has 0 aromatic carbocycles. The van der Waals surface area contributed by atoms with Crippen LogP contribution in [0.3, 0.4) is 0 Å². The summed E-state index contributed by atoms with van der Waals surface area (Å²) in [7, 11) is 0. The van der Waals surface area contributed by atoms with Crippen molar-refractivity contribution in [1.29, 1.82) is 0 Å². The molecule has 1 aliphatic carbocycles. The van der Waals surface area contributed by atoms with Crippen molar-refractivity contribution in [3.63, 3.8) is 0 Å². The quantitative estimate of drug-likeness (QED) is 0.823. The van der Waals surface area contributed by atoms with Crippen LogP contribution >= 0.6 is 11.3 Å². The molecule has 2 rings (SSSR count). The average Bonchev–Trinajstić information content (AvgIpc) is 2.76. The molecule has 0 spiro atoms. The Bertz CT molecular complexity index is 336. The van der Waals surface area contributed by atoms with E-state index in [0.717, 1.165) is 5.92 Å². The predicted molar refractivity (Wildman–Crippen MR) is 74.4 cm³/mol. The number of aryl methyl sites for hydroxylation is 1. The van der Waals surface area contributed by atoms with Crippen LogP contribution in [0, 0.1) is 18.8 Å². The van der Waals surface area contributed by atoms with Gasteiger partial charge in [-0.05, 0) is 48.6 Å². The lowest BCUT2D eigenvalue weighted by molar-refractivity contribution is 0.0721. The summed E-state index contributed by atoms with van der Waals surface area (Å²) in [6.07, 6.45) is 7.52. The van der Waals surface area contributed by atoms with Gasteiger partial charge in [-0.25, -0.2) is 0 Å². The van der Waals surface area contributed by atoms with Crippen LogP contribution in [-0.2, 0) is 0 Å². The second kappa shape index (κ2) is 6.01. The van der Waals surface area contributed by atoms with Gasteiger partial charge in [-0.1, -0.05) is 32.6 Å². The van der Waals surface area contributed by atoms with Crippen LogP contribution in [0.15, 0.2) is 11.4 Å². The largest absolute Gasteiger partial charge is 0.388 e. The minimum absolute atomic E-state index is 0.219. The number of thiophene rings is 1. The van der Waals surface area contributed by atoms with Gasteiger partial charge in [0.2, 0.25) is 0 Å². The first kappa shape index (κ1) is 13.1. The van der Waals surface area contributed by atoms with Gasteiger partial charge in [0, 0.05) is 4.88 Å². The van der Waals surface area contributed by atoms with Gasteiger partial charge in [-0.3, -0.25) is 0 Å². The molecule has 17 heavy (non-hydrogen) atoms. The van der Waals surface area contributed by atoms with E-state index in [1.807, 2.05) is 0 Å². The van der Waals surface area contributed by atoms with Gasteiger partial charge < -0.3 is 5.11 Å². The smallest absolute Gasteiger partial charge is 0.0828 e. The lowest BCUT2D eigenvalue weighted by Crippen LogP contribution is -2.20. The summed E-state index contributed by atoms with van der Waals surface area (Å²) in [5.74, 6) is 1.42. The molecule has 1 aromatic rings. The number of aliphatic hydroxyl groups excluding tert-OH is 1. The summed E-state index contributed by atoms with van der Waals surface area (Å²) < 4.78 is 0. The van der Waals surface area contributed by atoms with E-state index in [9.17, 15) is 5.11 Å². The number of hydrogen-bond acceptors (Lipinski definition) is 2. The van der Waals surface area contributed by atoms with E-state index in [1.54, 1.807) is 11.3 Å². The normalized spacial score (nSPS) is 27.0. The Morgan fingerprint density at radius 1 is 1.35 bits per heavy atom. The summed E-state index contributed by atoms with van der Waals surface area (Å²) in [5.41, 5.74) is 1.17. The van der Waals surface area contributed by atoms with Crippen LogP contribution in [0.5, 0.6) is 0 Å². The van der Waals surface area contributed by atoms with Crippen molar-refractivity contribution in [2.45, 2.75) is 58.5 Å². The lowest BCUT2D eigenvalue weighted by Gasteiger charge is -2.31. The molecule has 1 fully saturated rings. The highest BCUT2D eigenvalue weighted by Gasteiger charge is 2.27. The van der Waals surface area contributed by atoms with Crippen molar-refractivity contribution >= 4 is 11.3 Å². The second-order valence-electron chi connectivity index (χ2n) is 5.45. The van der Waals surface area contributed by atoms with E-state index in [4.69, 9.17) is 0 Å². The fourth-order valence-corrected chi connectivity index (χ4v) is 3.90. The van der Waals surface area contributed by atoms with E-state index in [-0.39, 0.29) is 6.10 Å². The van der Waals surface area contributed by atoms with Crippen LogP contribution in [-0.4, -0.2) is 5.11 Å². The van der Waals surface area contributed by atoms with Gasteiger partial charge in [-0.2, -0.15) is 0 Å². The molecule has 1 unspecified atom stereocenters. The topological polar surface area (TPSA) is 20.2 Å². The monoisotopic (exact) mass is 252 g/mol. The molecule has 1 atom stereocenters. The Hall–Kier alpha value is -0.340. The minimum atomic E-state index is -0.219. The highest BCUT2D eigenvalue weighted by Crippen LogP contribution is 2.39. The molecule has 0 radical (unpaired) electrons. The molecule has 0 saturated heterocycles. The molecule has 1 aliphatic rings. The number of aliphatic hydroxyl groups is 1. The average molecular weight is 252 g/mol. The van der Waals surface area contributed by atoms with Crippen molar-refractivity contribution < 1.29 is 5.11 Å². The fourth-order valence-electron chi connectivity index (χ4n) is 3.16. The van der Waals surface area contributed by atoms with Crippen LogP contribution in [0.1, 0.15) is 62.0 Å². The summed E-state index contributed by atoms with van der Waals surface area (Å²) in [4.78, 5) is 1.29. The summed E-state index contributed by atoms with van der Waals surface area (Å²) >= 11 is 1.75. The van der Waals surface area contributed by atoms with Gasteiger partial charge >= 0.3 is 0 Å². The van der Waals surface area contributed by atoms with Gasteiger partial charge in [0.15, 0.2) is 0 Å². The first-order chi connectivity index (χ1) is 8.22. The Morgan fingerprint density at radius 3 is 2.59 bits per heavy atom. The third-order valence-electron chi connectivity index (χ3n) is 4.25. The molecule has 1 nitrogen and oxygen atoms in total. The predicted octanol–water partition coefficient (Wildman–Crippen LogP) is 4.70. The lowest BCUT2D eigenvalue weighted by atomic mass is 9.76. The fraction of sp³-hybridized carbons (Fsp3) is 0.733. The first-order valence-corrected chi connectivity index (χ1v) is 7.82. The van der Waals surface area contributed by atoms with E-state index in [0.29, 0.717) is 5.92 Å². The van der Waals surface area contributed by atoms with Crippen molar-refractivity contribution in [3.05, 3.63) is 21.9 Å². The molecule has 0 amide bonds. The Balaban J connectivity index is 1.90. The maximum absolute atomic E-state index is 10.4. The van der Waals surface area contributed by atoms with E-state index < -0.39 is 0 Å². The molecular weight excluding hydrogens is 228 g/mol. The zero-order valence-electron chi connectivity index (χ0n) is 11.0. The molecule has 1 saturated carbocycles. The van der Waals surface area contributed by atoms with E-state index in [1.165, 1.54) is 49.0 Å². The van der Waals surface area contributed by atoms with Crippen LogP contribution in [0.2, 0.25) is 0 Å². The molecule has 2 heteroatoms. The minimum Gasteiger partial charge on any atom is -0.388 e. The third-order valence-corrected chi connectivity index (χ3v) is 5.11. The van der Waals surface area contributed by atoms with Gasteiger partial charge in [0.1, 0.15) is 0 Å². The Morgan fingerprint density at radius 2 is 2.06 bits per heavy atom.